The maximum absolute atomic E-state index is 11.9. The van der Waals surface area contributed by atoms with Crippen LogP contribution >= 0.6 is 0 Å². The molecule has 0 aromatic carbocycles. The quantitative estimate of drug-likeness (QED) is 0.752. The predicted molar refractivity (Wildman–Crippen MR) is 68.7 cm³/mol. The van der Waals surface area contributed by atoms with E-state index in [-0.39, 0.29) is 13.0 Å². The van der Waals surface area contributed by atoms with Crippen LogP contribution in [0.4, 0.5) is 4.79 Å². The minimum absolute atomic E-state index is 0.0956. The second-order valence-electron chi connectivity index (χ2n) is 5.64. The van der Waals surface area contributed by atoms with Gasteiger partial charge < -0.3 is 9.84 Å². The van der Waals surface area contributed by atoms with Crippen LogP contribution in [0.5, 0.6) is 0 Å². The smallest absolute Gasteiger partial charge is 0.411 e. The molecule has 0 bridgehead atoms. The van der Waals surface area contributed by atoms with E-state index in [4.69, 9.17) is 14.0 Å². The van der Waals surface area contributed by atoms with Crippen LogP contribution in [-0.2, 0) is 23.8 Å². The number of likely N-dealkylation sites (tertiary alicyclic amines) is 1. The fourth-order valence-electron chi connectivity index (χ4n) is 1.87. The number of rotatable bonds is 3. The fourth-order valence-corrected chi connectivity index (χ4v) is 2.50. The normalized spacial score (nSPS) is 23.7. The van der Waals surface area contributed by atoms with Crippen LogP contribution in [0.15, 0.2) is 0 Å². The minimum Gasteiger partial charge on any atom is -0.480 e. The molecule has 0 aromatic rings. The van der Waals surface area contributed by atoms with E-state index < -0.39 is 39.9 Å². The molecule has 1 amide bonds. The van der Waals surface area contributed by atoms with Gasteiger partial charge >= 0.3 is 12.1 Å². The summed E-state index contributed by atoms with van der Waals surface area (Å²) in [4.78, 5) is 24.0. The Labute approximate surface area is 117 Å². The first kappa shape index (κ1) is 16.7. The number of aliphatic carboxylic acids is 1. The number of carbonyl (C=O) groups excluding carboxylic acids is 1. The molecule has 1 saturated heterocycles. The van der Waals surface area contributed by atoms with E-state index in [0.29, 0.717) is 0 Å². The summed E-state index contributed by atoms with van der Waals surface area (Å²) in [6.45, 7) is 4.82. The van der Waals surface area contributed by atoms with Crippen molar-refractivity contribution in [1.82, 2.24) is 4.90 Å². The second-order valence-corrected chi connectivity index (χ2v) is 7.25. The monoisotopic (exact) mass is 309 g/mol. The van der Waals surface area contributed by atoms with E-state index in [1.807, 2.05) is 0 Å². The van der Waals surface area contributed by atoms with E-state index >= 15 is 0 Å². The SMILES string of the molecule is CC(C)(C)OC(=O)N1CC(OS(C)(=O)=O)CC1C(=O)O. The zero-order valence-corrected chi connectivity index (χ0v) is 12.6. The summed E-state index contributed by atoms with van der Waals surface area (Å²) in [7, 11) is -3.71. The van der Waals surface area contributed by atoms with Gasteiger partial charge in [-0.15, -0.1) is 0 Å². The molecular weight excluding hydrogens is 290 g/mol. The lowest BCUT2D eigenvalue weighted by atomic mass is 10.2. The topological polar surface area (TPSA) is 110 Å². The van der Waals surface area contributed by atoms with Gasteiger partial charge in [-0.1, -0.05) is 0 Å². The number of carboxylic acid groups (broad SMARTS) is 1. The van der Waals surface area contributed by atoms with Gasteiger partial charge in [0.15, 0.2) is 0 Å². The van der Waals surface area contributed by atoms with Gasteiger partial charge in [-0.25, -0.2) is 9.59 Å². The lowest BCUT2D eigenvalue weighted by molar-refractivity contribution is -0.142. The van der Waals surface area contributed by atoms with Gasteiger partial charge in [0.25, 0.3) is 10.1 Å². The summed E-state index contributed by atoms with van der Waals surface area (Å²) < 4.78 is 32.0. The van der Waals surface area contributed by atoms with Crippen LogP contribution < -0.4 is 0 Å². The molecular formula is C11H19NO7S. The van der Waals surface area contributed by atoms with Crippen LogP contribution in [0.1, 0.15) is 27.2 Å². The standard InChI is InChI=1S/C11H19NO7S/c1-11(2,3)18-10(15)12-6-7(19-20(4,16)17)5-8(12)9(13)14/h7-8H,5-6H2,1-4H3,(H,13,14). The first-order chi connectivity index (χ1) is 8.89. The summed E-state index contributed by atoms with van der Waals surface area (Å²) in [5, 5.41) is 9.09. The number of ether oxygens (including phenoxy) is 1. The highest BCUT2D eigenvalue weighted by Crippen LogP contribution is 2.24. The van der Waals surface area contributed by atoms with Crippen LogP contribution in [0.2, 0.25) is 0 Å². The number of amides is 1. The molecule has 0 aliphatic carbocycles. The fraction of sp³-hybridized carbons (Fsp3) is 0.818. The maximum atomic E-state index is 11.9. The molecule has 1 fully saturated rings. The summed E-state index contributed by atoms with van der Waals surface area (Å²) in [6.07, 6.45) is -0.899. The number of carbonyl (C=O) groups is 2. The number of carboxylic acids is 1. The molecule has 0 spiro atoms. The molecule has 1 N–H and O–H groups in total. The van der Waals surface area contributed by atoms with Crippen LogP contribution in [-0.4, -0.2) is 61.0 Å². The second kappa shape index (κ2) is 5.57. The molecule has 2 unspecified atom stereocenters. The van der Waals surface area contributed by atoms with Crippen molar-refractivity contribution < 1.29 is 32.0 Å². The molecule has 0 radical (unpaired) electrons. The maximum Gasteiger partial charge on any atom is 0.411 e. The highest BCUT2D eigenvalue weighted by atomic mass is 32.2. The Morgan fingerprint density at radius 3 is 2.25 bits per heavy atom. The van der Waals surface area contributed by atoms with Crippen LogP contribution in [0.3, 0.4) is 0 Å². The lowest BCUT2D eigenvalue weighted by Crippen LogP contribution is -2.43. The first-order valence-corrected chi connectivity index (χ1v) is 7.81. The van der Waals surface area contributed by atoms with Crippen molar-refractivity contribution in [2.24, 2.45) is 0 Å². The lowest BCUT2D eigenvalue weighted by Gasteiger charge is -2.26. The van der Waals surface area contributed by atoms with Crippen LogP contribution in [0.25, 0.3) is 0 Å². The Morgan fingerprint density at radius 2 is 1.85 bits per heavy atom. The molecule has 116 valence electrons. The van der Waals surface area contributed by atoms with Gasteiger partial charge in [-0.05, 0) is 20.8 Å². The Balaban J connectivity index is 2.83. The summed E-state index contributed by atoms with van der Waals surface area (Å²) >= 11 is 0. The van der Waals surface area contributed by atoms with Crippen molar-refractivity contribution in [2.45, 2.75) is 44.9 Å². The molecule has 20 heavy (non-hydrogen) atoms. The minimum atomic E-state index is -3.71. The average Bonchev–Trinajstić information content (AvgIpc) is 2.56. The highest BCUT2D eigenvalue weighted by Gasteiger charge is 2.43. The molecule has 2 atom stereocenters. The predicted octanol–water partition coefficient (Wildman–Crippen LogP) is 0.425. The summed E-state index contributed by atoms with van der Waals surface area (Å²) in [6, 6.07) is -1.16. The number of hydrogen-bond acceptors (Lipinski definition) is 6. The Bertz CT molecular complexity index is 493. The van der Waals surface area contributed by atoms with Gasteiger partial charge in [0, 0.05) is 6.42 Å². The Morgan fingerprint density at radius 1 is 1.30 bits per heavy atom. The highest BCUT2D eigenvalue weighted by molar-refractivity contribution is 7.86. The Hall–Kier alpha value is -1.35. The van der Waals surface area contributed by atoms with E-state index in [1.165, 1.54) is 0 Å². The van der Waals surface area contributed by atoms with Gasteiger partial charge in [0.1, 0.15) is 11.6 Å². The molecule has 1 aliphatic heterocycles. The molecule has 0 saturated carbocycles. The van der Waals surface area contributed by atoms with E-state index in [9.17, 15) is 18.0 Å². The largest absolute Gasteiger partial charge is 0.480 e. The van der Waals surface area contributed by atoms with Gasteiger partial charge in [0.2, 0.25) is 0 Å². The Kier molecular flexibility index (Phi) is 4.65. The van der Waals surface area contributed by atoms with E-state index in [1.54, 1.807) is 20.8 Å². The van der Waals surface area contributed by atoms with Crippen molar-refractivity contribution in [3.8, 4) is 0 Å². The third-order valence-electron chi connectivity index (χ3n) is 2.49. The van der Waals surface area contributed by atoms with Crippen molar-refractivity contribution >= 4 is 22.2 Å². The first-order valence-electron chi connectivity index (χ1n) is 6.00. The van der Waals surface area contributed by atoms with Gasteiger partial charge in [-0.2, -0.15) is 8.42 Å². The van der Waals surface area contributed by atoms with Gasteiger partial charge in [0.05, 0.1) is 18.9 Å². The van der Waals surface area contributed by atoms with Crippen molar-refractivity contribution in [1.29, 1.82) is 0 Å². The zero-order chi connectivity index (χ0) is 15.7. The third-order valence-corrected chi connectivity index (χ3v) is 3.11. The average molecular weight is 309 g/mol. The molecule has 1 aliphatic rings. The van der Waals surface area contributed by atoms with Crippen molar-refractivity contribution in [3.63, 3.8) is 0 Å². The number of hydrogen-bond donors (Lipinski definition) is 1. The summed E-state index contributed by atoms with van der Waals surface area (Å²) in [5.41, 5.74) is -0.768. The van der Waals surface area contributed by atoms with Crippen molar-refractivity contribution in [3.05, 3.63) is 0 Å². The third kappa shape index (κ3) is 4.97. The van der Waals surface area contributed by atoms with Crippen molar-refractivity contribution in [2.75, 3.05) is 12.8 Å². The molecule has 8 nitrogen and oxygen atoms in total. The number of nitrogens with zero attached hydrogens (tertiary/aromatic N) is 1. The van der Waals surface area contributed by atoms with Crippen LogP contribution in [0, 0.1) is 0 Å². The van der Waals surface area contributed by atoms with Gasteiger partial charge in [-0.3, -0.25) is 9.08 Å². The summed E-state index contributed by atoms with van der Waals surface area (Å²) in [5.74, 6) is -1.23. The molecule has 1 heterocycles. The zero-order valence-electron chi connectivity index (χ0n) is 11.8. The molecule has 1 rings (SSSR count). The molecule has 9 heteroatoms. The van der Waals surface area contributed by atoms with E-state index in [0.717, 1.165) is 11.2 Å². The van der Waals surface area contributed by atoms with E-state index in [2.05, 4.69) is 0 Å². The molecule has 0 aromatic heterocycles.